The fourth-order valence-corrected chi connectivity index (χ4v) is 2.54. The number of nitrogens with zero attached hydrogens (tertiary/aromatic N) is 2. The van der Waals surface area contributed by atoms with Crippen LogP contribution in [0.2, 0.25) is 0 Å². The monoisotopic (exact) mass is 408 g/mol. The largest absolute Gasteiger partial charge is 0.497 e. The normalized spacial score (nSPS) is 13.5. The fourth-order valence-electron chi connectivity index (χ4n) is 2.54. The molecule has 1 heterocycles. The molecule has 3 nitrogen and oxygen atoms in total. The van der Waals surface area contributed by atoms with Gasteiger partial charge < -0.3 is 4.74 Å². The number of methoxy groups -OCH3 is 1. The van der Waals surface area contributed by atoms with Crippen LogP contribution in [-0.2, 0) is 12.8 Å². The highest BCUT2D eigenvalue weighted by Gasteiger charge is 2.07. The second kappa shape index (κ2) is 17.1. The summed E-state index contributed by atoms with van der Waals surface area (Å²) in [5, 5.41) is 4.60. The molecule has 0 aliphatic heterocycles. The third-order valence-corrected chi connectivity index (χ3v) is 4.06. The molecule has 1 aromatic carbocycles. The maximum Gasteiger partial charge on any atom is 0.119 e. The van der Waals surface area contributed by atoms with E-state index in [2.05, 4.69) is 49.0 Å². The summed E-state index contributed by atoms with van der Waals surface area (Å²) >= 11 is 0. The first-order chi connectivity index (χ1) is 14.7. The van der Waals surface area contributed by atoms with Gasteiger partial charge in [0.05, 0.1) is 18.5 Å². The molecule has 2 aromatic rings. The fraction of sp³-hybridized carbons (Fsp3) is 0.407. The average molecular weight is 409 g/mol. The number of aromatic nitrogens is 2. The zero-order valence-electron chi connectivity index (χ0n) is 20.2. The molecule has 0 bridgehead atoms. The minimum absolute atomic E-state index is 0.870. The lowest BCUT2D eigenvalue weighted by atomic mass is 10.2. The van der Waals surface area contributed by atoms with Crippen molar-refractivity contribution in [3.05, 3.63) is 83.4 Å². The number of ether oxygens (including phenoxy) is 1. The third-order valence-electron chi connectivity index (χ3n) is 4.06. The van der Waals surface area contributed by atoms with E-state index in [4.69, 9.17) is 4.74 Å². The van der Waals surface area contributed by atoms with Gasteiger partial charge in [-0.25, -0.2) is 4.68 Å². The molecule has 0 saturated heterocycles. The molecule has 0 radical (unpaired) electrons. The van der Waals surface area contributed by atoms with E-state index in [9.17, 15) is 0 Å². The lowest BCUT2D eigenvalue weighted by molar-refractivity contribution is 0.414. The average Bonchev–Trinajstić information content (AvgIpc) is 3.23. The van der Waals surface area contributed by atoms with Gasteiger partial charge in [-0.15, -0.1) is 5.73 Å². The zero-order valence-corrected chi connectivity index (χ0v) is 20.2. The van der Waals surface area contributed by atoms with Crippen LogP contribution in [0.1, 0.15) is 66.3 Å². The Morgan fingerprint density at radius 1 is 1.00 bits per heavy atom. The SMILES string of the molecule is CC.CC.CC1=C=C/C=C\C/C=C\1.CCc1cc(CC)n(-c2ccc(OC)cc2)n1. The van der Waals surface area contributed by atoms with Crippen molar-refractivity contribution in [3.63, 3.8) is 0 Å². The van der Waals surface area contributed by atoms with Gasteiger partial charge in [-0.3, -0.25) is 0 Å². The van der Waals surface area contributed by atoms with Crippen LogP contribution in [0.5, 0.6) is 5.75 Å². The van der Waals surface area contributed by atoms with Crippen LogP contribution in [0, 0.1) is 0 Å². The van der Waals surface area contributed by atoms with E-state index in [0.29, 0.717) is 0 Å². The van der Waals surface area contributed by atoms with Crippen molar-refractivity contribution in [2.75, 3.05) is 7.11 Å². The number of allylic oxidation sites excluding steroid dienone is 5. The standard InChI is InChI=1S/C14H18N2O.C9H10.2C2H6/c1-4-11-10-12(5-2)16(15-11)13-6-8-14(17-3)9-7-13;1-9-7-5-3-2-4-6-8-9;2*1-2/h6-10H,4-5H2,1-3H3;2-3,5-6,8H,4H2,1H3;2*1-2H3/b;3-2-,8-6-;;. The van der Waals surface area contributed by atoms with Crippen LogP contribution in [0.25, 0.3) is 5.69 Å². The van der Waals surface area contributed by atoms with Crippen molar-refractivity contribution in [1.29, 1.82) is 0 Å². The van der Waals surface area contributed by atoms with Gasteiger partial charge in [-0.05, 0) is 68.2 Å². The topological polar surface area (TPSA) is 27.1 Å². The van der Waals surface area contributed by atoms with Crippen LogP contribution in [0.15, 0.2) is 72.0 Å². The van der Waals surface area contributed by atoms with E-state index >= 15 is 0 Å². The Balaban J connectivity index is 0.000000547. The first kappa shape index (κ1) is 27.2. The van der Waals surface area contributed by atoms with Gasteiger partial charge in [0, 0.05) is 5.69 Å². The number of aryl methyl sites for hydroxylation is 2. The number of benzene rings is 1. The Labute approximate surface area is 184 Å². The minimum Gasteiger partial charge on any atom is -0.497 e. The number of hydrogen-bond acceptors (Lipinski definition) is 2. The summed E-state index contributed by atoms with van der Waals surface area (Å²) in [6.07, 6.45) is 13.3. The molecule has 1 aliphatic carbocycles. The van der Waals surface area contributed by atoms with Crippen molar-refractivity contribution < 1.29 is 4.74 Å². The highest BCUT2D eigenvalue weighted by Crippen LogP contribution is 2.17. The van der Waals surface area contributed by atoms with Gasteiger partial charge in [0.15, 0.2) is 0 Å². The van der Waals surface area contributed by atoms with Gasteiger partial charge in [0.1, 0.15) is 5.75 Å². The summed E-state index contributed by atoms with van der Waals surface area (Å²) in [5.74, 6) is 0.870. The van der Waals surface area contributed by atoms with Crippen molar-refractivity contribution >= 4 is 0 Å². The van der Waals surface area contributed by atoms with Crippen LogP contribution in [-0.4, -0.2) is 16.9 Å². The van der Waals surface area contributed by atoms with Crippen LogP contribution in [0.4, 0.5) is 0 Å². The number of rotatable bonds is 4. The summed E-state index contributed by atoms with van der Waals surface area (Å²) in [7, 11) is 1.68. The molecule has 3 rings (SSSR count). The van der Waals surface area contributed by atoms with Crippen molar-refractivity contribution in [3.8, 4) is 11.4 Å². The van der Waals surface area contributed by atoms with E-state index in [1.165, 1.54) is 11.3 Å². The lowest BCUT2D eigenvalue weighted by Gasteiger charge is -2.06. The lowest BCUT2D eigenvalue weighted by Crippen LogP contribution is -2.01. The van der Waals surface area contributed by atoms with Gasteiger partial charge in [0.2, 0.25) is 0 Å². The molecule has 1 aromatic heterocycles. The molecular formula is C27H40N2O. The Bertz CT molecular complexity index is 817. The Morgan fingerprint density at radius 2 is 1.67 bits per heavy atom. The molecule has 0 unspecified atom stereocenters. The van der Waals surface area contributed by atoms with Crippen molar-refractivity contribution in [2.24, 2.45) is 0 Å². The van der Waals surface area contributed by atoms with E-state index in [-0.39, 0.29) is 0 Å². The minimum atomic E-state index is 0.870. The summed E-state index contributed by atoms with van der Waals surface area (Å²) < 4.78 is 7.17. The molecule has 0 spiro atoms. The number of hydrogen-bond donors (Lipinski definition) is 0. The van der Waals surface area contributed by atoms with Gasteiger partial charge >= 0.3 is 0 Å². The molecule has 0 atom stereocenters. The highest BCUT2D eigenvalue weighted by atomic mass is 16.5. The predicted molar refractivity (Wildman–Crippen MR) is 132 cm³/mol. The predicted octanol–water partition coefficient (Wildman–Crippen LogP) is 7.66. The quantitative estimate of drug-likeness (QED) is 0.485. The smallest absolute Gasteiger partial charge is 0.119 e. The van der Waals surface area contributed by atoms with Crippen LogP contribution >= 0.6 is 0 Å². The summed E-state index contributed by atoms with van der Waals surface area (Å²) in [4.78, 5) is 0. The van der Waals surface area contributed by atoms with E-state index < -0.39 is 0 Å². The zero-order chi connectivity index (χ0) is 22.8. The van der Waals surface area contributed by atoms with Gasteiger partial charge in [-0.1, -0.05) is 65.8 Å². The Kier molecular flexibility index (Phi) is 15.5. The molecule has 30 heavy (non-hydrogen) atoms. The Morgan fingerprint density at radius 3 is 2.23 bits per heavy atom. The van der Waals surface area contributed by atoms with Crippen LogP contribution in [0.3, 0.4) is 0 Å². The third kappa shape index (κ3) is 9.62. The highest BCUT2D eigenvalue weighted by molar-refractivity contribution is 5.38. The molecular weight excluding hydrogens is 368 g/mol. The second-order valence-electron chi connectivity index (χ2n) is 6.00. The first-order valence-electron chi connectivity index (χ1n) is 11.1. The van der Waals surface area contributed by atoms with E-state index in [1.54, 1.807) is 7.11 Å². The van der Waals surface area contributed by atoms with Gasteiger partial charge in [0.25, 0.3) is 0 Å². The van der Waals surface area contributed by atoms with Crippen molar-refractivity contribution in [2.45, 2.75) is 67.7 Å². The Hall–Kier alpha value is -2.77. The molecule has 0 fully saturated rings. The van der Waals surface area contributed by atoms with Crippen LogP contribution < -0.4 is 4.74 Å². The molecule has 3 heteroatoms. The molecule has 0 N–H and O–H groups in total. The summed E-state index contributed by atoms with van der Waals surface area (Å²) in [6.45, 7) is 14.3. The van der Waals surface area contributed by atoms with E-state index in [0.717, 1.165) is 36.4 Å². The molecule has 0 saturated carbocycles. The van der Waals surface area contributed by atoms with Crippen molar-refractivity contribution in [1.82, 2.24) is 9.78 Å². The maximum absolute atomic E-state index is 5.16. The molecule has 0 amide bonds. The summed E-state index contributed by atoms with van der Waals surface area (Å²) in [5.41, 5.74) is 7.76. The first-order valence-corrected chi connectivity index (χ1v) is 11.1. The maximum atomic E-state index is 5.16. The molecule has 1 aliphatic rings. The second-order valence-corrected chi connectivity index (χ2v) is 6.00. The molecule has 164 valence electrons. The van der Waals surface area contributed by atoms with Gasteiger partial charge in [-0.2, -0.15) is 5.10 Å². The van der Waals surface area contributed by atoms with E-state index in [1.807, 2.05) is 75.7 Å². The summed E-state index contributed by atoms with van der Waals surface area (Å²) in [6, 6.07) is 10.2.